The van der Waals surface area contributed by atoms with Crippen molar-refractivity contribution >= 4 is 11.6 Å². The minimum Gasteiger partial charge on any atom is -0.389 e. The molecule has 0 spiro atoms. The molecule has 0 radical (unpaired) electrons. The van der Waals surface area contributed by atoms with E-state index in [1.807, 2.05) is 36.4 Å². The van der Waals surface area contributed by atoms with Crippen LogP contribution in [0.2, 0.25) is 0 Å². The van der Waals surface area contributed by atoms with Gasteiger partial charge in [0.2, 0.25) is 0 Å². The fraction of sp³-hybridized carbons (Fsp3) is 0.429. The fourth-order valence-corrected chi connectivity index (χ4v) is 2.23. The van der Waals surface area contributed by atoms with Crippen LogP contribution in [0.1, 0.15) is 18.4 Å². The van der Waals surface area contributed by atoms with Crippen LogP contribution in [0.4, 0.5) is 0 Å². The quantitative estimate of drug-likeness (QED) is 0.662. The maximum absolute atomic E-state index is 9.65. The van der Waals surface area contributed by atoms with Gasteiger partial charge in [-0.2, -0.15) is 0 Å². The summed E-state index contributed by atoms with van der Waals surface area (Å²) in [5.41, 5.74) is 1.14. The third-order valence-electron chi connectivity index (χ3n) is 2.86. The number of allylic oxidation sites excluding steroid dienone is 1. The molecule has 0 amide bonds. The van der Waals surface area contributed by atoms with Gasteiger partial charge in [-0.15, -0.1) is 11.6 Å². The highest BCUT2D eigenvalue weighted by Gasteiger charge is 2.20. The summed E-state index contributed by atoms with van der Waals surface area (Å²) in [6.45, 7) is 0.571. The molecule has 92 valence electrons. The van der Waals surface area contributed by atoms with Crippen molar-refractivity contribution in [2.75, 3.05) is 0 Å². The number of hydrogen-bond acceptors (Lipinski definition) is 2. The molecule has 3 atom stereocenters. The maximum Gasteiger partial charge on any atom is 0.0746 e. The molecule has 17 heavy (non-hydrogen) atoms. The molecule has 0 saturated carbocycles. The van der Waals surface area contributed by atoms with Gasteiger partial charge < -0.3 is 9.84 Å². The Morgan fingerprint density at radius 1 is 1.18 bits per heavy atom. The molecule has 1 aliphatic rings. The van der Waals surface area contributed by atoms with E-state index < -0.39 is 6.10 Å². The minimum atomic E-state index is -0.445. The van der Waals surface area contributed by atoms with Crippen molar-refractivity contribution in [1.29, 1.82) is 0 Å². The monoisotopic (exact) mass is 252 g/mol. The van der Waals surface area contributed by atoms with Crippen LogP contribution in [-0.2, 0) is 11.3 Å². The smallest absolute Gasteiger partial charge is 0.0746 e. The second kappa shape index (κ2) is 6.20. The second-order valence-electron chi connectivity index (χ2n) is 4.36. The largest absolute Gasteiger partial charge is 0.389 e. The molecule has 0 unspecified atom stereocenters. The molecule has 0 heterocycles. The number of aliphatic hydroxyl groups excluding tert-OH is 1. The molecule has 0 saturated heterocycles. The average Bonchev–Trinajstić information content (AvgIpc) is 2.50. The van der Waals surface area contributed by atoms with Gasteiger partial charge >= 0.3 is 0 Å². The predicted octanol–water partition coefficient (Wildman–Crippen LogP) is 2.89. The highest BCUT2D eigenvalue weighted by molar-refractivity contribution is 6.21. The van der Waals surface area contributed by atoms with Gasteiger partial charge in [-0.25, -0.2) is 0 Å². The zero-order valence-corrected chi connectivity index (χ0v) is 10.4. The first kappa shape index (κ1) is 12.6. The number of rotatable bonds is 3. The van der Waals surface area contributed by atoms with Crippen molar-refractivity contribution in [2.24, 2.45) is 0 Å². The van der Waals surface area contributed by atoms with Crippen LogP contribution in [0, 0.1) is 0 Å². The number of aliphatic hydroxyl groups is 1. The first-order valence-electron chi connectivity index (χ1n) is 5.90. The van der Waals surface area contributed by atoms with Crippen LogP contribution in [0.25, 0.3) is 0 Å². The summed E-state index contributed by atoms with van der Waals surface area (Å²) in [6, 6.07) is 10.0. The van der Waals surface area contributed by atoms with Gasteiger partial charge in [-0.05, 0) is 12.0 Å². The predicted molar refractivity (Wildman–Crippen MR) is 69.0 cm³/mol. The molecule has 1 N–H and O–H groups in total. The van der Waals surface area contributed by atoms with Crippen LogP contribution in [0.5, 0.6) is 0 Å². The average molecular weight is 253 g/mol. The van der Waals surface area contributed by atoms with Gasteiger partial charge in [0.25, 0.3) is 0 Å². The Morgan fingerprint density at radius 3 is 2.71 bits per heavy atom. The SMILES string of the molecule is O[C@H]1C=C[C@@H](Cl)C[C@H](OCc2ccccc2)C1. The fourth-order valence-electron chi connectivity index (χ4n) is 1.95. The van der Waals surface area contributed by atoms with Gasteiger partial charge in [0, 0.05) is 6.42 Å². The van der Waals surface area contributed by atoms with Crippen molar-refractivity contribution in [3.8, 4) is 0 Å². The lowest BCUT2D eigenvalue weighted by atomic mass is 10.1. The lowest BCUT2D eigenvalue weighted by Crippen LogP contribution is -2.20. The third-order valence-corrected chi connectivity index (χ3v) is 3.19. The summed E-state index contributed by atoms with van der Waals surface area (Å²) < 4.78 is 5.81. The molecule has 0 bridgehead atoms. The lowest BCUT2D eigenvalue weighted by molar-refractivity contribution is 0.0116. The summed E-state index contributed by atoms with van der Waals surface area (Å²) in [5.74, 6) is 0. The van der Waals surface area contributed by atoms with Crippen LogP contribution in [0.15, 0.2) is 42.5 Å². The summed E-state index contributed by atoms with van der Waals surface area (Å²) in [6.07, 6.45) is 4.54. The Balaban J connectivity index is 1.86. The number of ether oxygens (including phenoxy) is 1. The van der Waals surface area contributed by atoms with Crippen molar-refractivity contribution in [1.82, 2.24) is 0 Å². The molecule has 3 heteroatoms. The van der Waals surface area contributed by atoms with E-state index in [1.54, 1.807) is 6.08 Å². The normalized spacial score (nSPS) is 28.9. The Kier molecular flexibility index (Phi) is 4.60. The molecule has 1 aliphatic carbocycles. The summed E-state index contributed by atoms with van der Waals surface area (Å²) in [7, 11) is 0. The van der Waals surface area contributed by atoms with Gasteiger partial charge in [0.1, 0.15) is 0 Å². The topological polar surface area (TPSA) is 29.5 Å². The molecule has 0 fully saturated rings. The van der Waals surface area contributed by atoms with E-state index in [0.29, 0.717) is 13.0 Å². The van der Waals surface area contributed by atoms with Crippen LogP contribution >= 0.6 is 11.6 Å². The van der Waals surface area contributed by atoms with Gasteiger partial charge in [-0.3, -0.25) is 0 Å². The van der Waals surface area contributed by atoms with Crippen molar-refractivity contribution in [3.05, 3.63) is 48.0 Å². The van der Waals surface area contributed by atoms with Crippen molar-refractivity contribution in [3.63, 3.8) is 0 Å². The van der Waals surface area contributed by atoms with E-state index in [0.717, 1.165) is 12.0 Å². The zero-order chi connectivity index (χ0) is 12.1. The van der Waals surface area contributed by atoms with Crippen molar-refractivity contribution < 1.29 is 9.84 Å². The number of halogens is 1. The van der Waals surface area contributed by atoms with E-state index in [4.69, 9.17) is 16.3 Å². The van der Waals surface area contributed by atoms with Gasteiger partial charge in [-0.1, -0.05) is 42.5 Å². The summed E-state index contributed by atoms with van der Waals surface area (Å²) in [5, 5.41) is 9.60. The lowest BCUT2D eigenvalue weighted by Gasteiger charge is -2.18. The van der Waals surface area contributed by atoms with E-state index in [-0.39, 0.29) is 11.5 Å². The minimum absolute atomic E-state index is 0.0164. The van der Waals surface area contributed by atoms with E-state index in [1.165, 1.54) is 0 Å². The van der Waals surface area contributed by atoms with Crippen molar-refractivity contribution in [2.45, 2.75) is 37.0 Å². The maximum atomic E-state index is 9.65. The van der Waals surface area contributed by atoms with Crippen LogP contribution < -0.4 is 0 Å². The van der Waals surface area contributed by atoms with E-state index in [2.05, 4.69) is 0 Å². The Labute approximate surface area is 107 Å². The molecule has 0 aromatic heterocycles. The number of benzene rings is 1. The zero-order valence-electron chi connectivity index (χ0n) is 9.63. The Hall–Kier alpha value is -0.830. The summed E-state index contributed by atoms with van der Waals surface area (Å²) in [4.78, 5) is 0. The van der Waals surface area contributed by atoms with E-state index in [9.17, 15) is 5.11 Å². The summed E-state index contributed by atoms with van der Waals surface area (Å²) >= 11 is 6.08. The standard InChI is InChI=1S/C14H17ClO2/c15-12-6-7-13(16)9-14(8-12)17-10-11-4-2-1-3-5-11/h1-7,12-14,16H,8-10H2/t12-,13+,14+/m1/s1. The van der Waals surface area contributed by atoms with Gasteiger partial charge in [0.15, 0.2) is 0 Å². The number of alkyl halides is 1. The Bertz CT molecular complexity index is 350. The highest BCUT2D eigenvalue weighted by atomic mass is 35.5. The third kappa shape index (κ3) is 4.15. The van der Waals surface area contributed by atoms with Gasteiger partial charge in [0.05, 0.1) is 24.2 Å². The molecular weight excluding hydrogens is 236 g/mol. The van der Waals surface area contributed by atoms with Crippen LogP contribution in [-0.4, -0.2) is 22.7 Å². The molecule has 2 nitrogen and oxygen atoms in total. The van der Waals surface area contributed by atoms with E-state index >= 15 is 0 Å². The first-order valence-corrected chi connectivity index (χ1v) is 6.33. The first-order chi connectivity index (χ1) is 8.24. The molecule has 0 aliphatic heterocycles. The molecular formula is C14H17ClO2. The molecule has 1 aromatic carbocycles. The number of hydrogen-bond donors (Lipinski definition) is 1. The highest BCUT2D eigenvalue weighted by Crippen LogP contribution is 2.20. The second-order valence-corrected chi connectivity index (χ2v) is 4.92. The Morgan fingerprint density at radius 2 is 1.94 bits per heavy atom. The molecule has 1 aromatic rings. The molecule has 2 rings (SSSR count). The van der Waals surface area contributed by atoms with Crippen LogP contribution in [0.3, 0.4) is 0 Å².